The molecule has 1 aliphatic rings. The molecular weight excluding hydrogens is 238 g/mol. The fraction of sp³-hybridized carbons (Fsp3) is 0.312. The minimum absolute atomic E-state index is 0.504. The van der Waals surface area contributed by atoms with E-state index >= 15 is 0 Å². The molecule has 0 amide bonds. The normalized spacial score (nSPS) is 17.4. The van der Waals surface area contributed by atoms with E-state index in [1.807, 2.05) is 24.4 Å². The van der Waals surface area contributed by atoms with E-state index in [9.17, 15) is 0 Å². The Morgan fingerprint density at radius 3 is 3.11 bits per heavy atom. The summed E-state index contributed by atoms with van der Waals surface area (Å²) in [7, 11) is 1.67. The summed E-state index contributed by atoms with van der Waals surface area (Å²) < 4.78 is 11.0. The lowest BCUT2D eigenvalue weighted by molar-refractivity contribution is 0.221. The van der Waals surface area contributed by atoms with E-state index in [2.05, 4.69) is 17.1 Å². The first-order valence-electron chi connectivity index (χ1n) is 6.54. The number of nitrogens with zero attached hydrogens (tertiary/aromatic N) is 1. The second-order valence-electron chi connectivity index (χ2n) is 4.93. The van der Waals surface area contributed by atoms with Gasteiger partial charge in [-0.15, -0.1) is 0 Å². The van der Waals surface area contributed by atoms with Gasteiger partial charge in [-0.2, -0.15) is 0 Å². The highest BCUT2D eigenvalue weighted by atomic mass is 16.5. The fourth-order valence-corrected chi connectivity index (χ4v) is 2.54. The van der Waals surface area contributed by atoms with Crippen LogP contribution in [0.4, 0.5) is 0 Å². The molecule has 0 unspecified atom stereocenters. The molecule has 1 atom stereocenters. The van der Waals surface area contributed by atoms with Crippen LogP contribution in [-0.4, -0.2) is 18.7 Å². The Balaban J connectivity index is 1.71. The van der Waals surface area contributed by atoms with Crippen molar-refractivity contribution in [2.75, 3.05) is 13.7 Å². The lowest BCUT2D eigenvalue weighted by Crippen LogP contribution is -2.22. The summed E-state index contributed by atoms with van der Waals surface area (Å²) in [6, 6.07) is 10.3. The van der Waals surface area contributed by atoms with Gasteiger partial charge >= 0.3 is 0 Å². The molecule has 98 valence electrons. The van der Waals surface area contributed by atoms with Crippen LogP contribution in [0.15, 0.2) is 42.7 Å². The number of para-hydroxylation sites is 1. The Morgan fingerprint density at radius 1 is 1.32 bits per heavy atom. The maximum atomic E-state index is 5.81. The van der Waals surface area contributed by atoms with Crippen LogP contribution in [0.25, 0.3) is 0 Å². The predicted octanol–water partition coefficient (Wildman–Crippen LogP) is 2.88. The van der Waals surface area contributed by atoms with Crippen molar-refractivity contribution in [3.8, 4) is 11.5 Å². The number of pyridine rings is 1. The van der Waals surface area contributed by atoms with Gasteiger partial charge in [-0.1, -0.05) is 18.2 Å². The quantitative estimate of drug-likeness (QED) is 0.845. The summed E-state index contributed by atoms with van der Waals surface area (Å²) in [6.45, 7) is 0.772. The average Bonchev–Trinajstić information content (AvgIpc) is 2.47. The molecule has 3 nitrogen and oxygen atoms in total. The van der Waals surface area contributed by atoms with Crippen molar-refractivity contribution in [1.82, 2.24) is 4.98 Å². The van der Waals surface area contributed by atoms with Crippen molar-refractivity contribution in [2.24, 2.45) is 5.92 Å². The minimum atomic E-state index is 0.504. The third-order valence-electron chi connectivity index (χ3n) is 3.49. The average molecular weight is 255 g/mol. The maximum absolute atomic E-state index is 5.81. The first kappa shape index (κ1) is 12.0. The molecule has 1 aromatic carbocycles. The molecule has 3 rings (SSSR count). The fourth-order valence-electron chi connectivity index (χ4n) is 2.54. The minimum Gasteiger partial charge on any atom is -0.495 e. The molecule has 1 aromatic heterocycles. The number of fused-ring (bicyclic) bond motifs is 1. The van der Waals surface area contributed by atoms with E-state index < -0.39 is 0 Å². The third kappa shape index (κ3) is 2.70. The number of hydrogen-bond donors (Lipinski definition) is 0. The zero-order valence-electron chi connectivity index (χ0n) is 11.0. The van der Waals surface area contributed by atoms with Gasteiger partial charge < -0.3 is 9.47 Å². The molecule has 0 radical (unpaired) electrons. The molecule has 0 aliphatic carbocycles. The smallest absolute Gasteiger partial charge is 0.137 e. The van der Waals surface area contributed by atoms with Crippen LogP contribution in [0.1, 0.15) is 11.1 Å². The number of hydrogen-bond acceptors (Lipinski definition) is 3. The van der Waals surface area contributed by atoms with Gasteiger partial charge in [0, 0.05) is 12.1 Å². The summed E-state index contributed by atoms with van der Waals surface area (Å²) >= 11 is 0. The standard InChI is InChI=1S/C16H17NO2/c1-18-15-8-12(9-17-10-15)6-13-7-14-4-2-3-5-16(14)19-11-13/h2-5,8-10,13H,6-7,11H2,1H3/t13-/m1/s1. The Kier molecular flexibility index (Phi) is 3.36. The molecule has 0 saturated heterocycles. The maximum Gasteiger partial charge on any atom is 0.137 e. The molecule has 19 heavy (non-hydrogen) atoms. The van der Waals surface area contributed by atoms with E-state index in [0.717, 1.165) is 30.9 Å². The molecule has 0 saturated carbocycles. The van der Waals surface area contributed by atoms with Gasteiger partial charge in [-0.25, -0.2) is 0 Å². The Morgan fingerprint density at radius 2 is 2.21 bits per heavy atom. The molecule has 3 heteroatoms. The molecular formula is C16H17NO2. The number of aromatic nitrogens is 1. The van der Waals surface area contributed by atoms with Crippen LogP contribution in [0, 0.1) is 5.92 Å². The molecule has 0 bridgehead atoms. The number of methoxy groups -OCH3 is 1. The first-order valence-corrected chi connectivity index (χ1v) is 6.54. The van der Waals surface area contributed by atoms with Crippen molar-refractivity contribution < 1.29 is 9.47 Å². The van der Waals surface area contributed by atoms with Crippen LogP contribution in [0.2, 0.25) is 0 Å². The monoisotopic (exact) mass is 255 g/mol. The third-order valence-corrected chi connectivity index (χ3v) is 3.49. The van der Waals surface area contributed by atoms with Crippen molar-refractivity contribution in [2.45, 2.75) is 12.8 Å². The summed E-state index contributed by atoms with van der Waals surface area (Å²) in [4.78, 5) is 4.20. The van der Waals surface area contributed by atoms with Crippen LogP contribution < -0.4 is 9.47 Å². The molecule has 0 fully saturated rings. The van der Waals surface area contributed by atoms with Gasteiger partial charge in [0.15, 0.2) is 0 Å². The number of benzene rings is 1. The summed E-state index contributed by atoms with van der Waals surface area (Å²) in [6.07, 6.45) is 5.67. The molecule has 0 N–H and O–H groups in total. The Labute approximate surface area is 113 Å². The van der Waals surface area contributed by atoms with Crippen molar-refractivity contribution >= 4 is 0 Å². The second-order valence-corrected chi connectivity index (χ2v) is 4.93. The molecule has 1 aliphatic heterocycles. The lowest BCUT2D eigenvalue weighted by atomic mass is 9.91. The SMILES string of the molecule is COc1cncc(C[C@H]2COc3ccccc3C2)c1. The highest BCUT2D eigenvalue weighted by Crippen LogP contribution is 2.28. The largest absolute Gasteiger partial charge is 0.495 e. The van der Waals surface area contributed by atoms with Crippen molar-refractivity contribution in [1.29, 1.82) is 0 Å². The first-order chi connectivity index (χ1) is 9.35. The molecule has 2 heterocycles. The zero-order valence-corrected chi connectivity index (χ0v) is 11.0. The summed E-state index contributed by atoms with van der Waals surface area (Å²) in [5, 5.41) is 0. The lowest BCUT2D eigenvalue weighted by Gasteiger charge is -2.25. The van der Waals surface area contributed by atoms with Crippen molar-refractivity contribution in [3.63, 3.8) is 0 Å². The predicted molar refractivity (Wildman–Crippen MR) is 73.6 cm³/mol. The van der Waals surface area contributed by atoms with Gasteiger partial charge in [0.2, 0.25) is 0 Å². The highest BCUT2D eigenvalue weighted by Gasteiger charge is 2.19. The van der Waals surface area contributed by atoms with Crippen LogP contribution in [-0.2, 0) is 12.8 Å². The summed E-state index contributed by atoms with van der Waals surface area (Å²) in [5.74, 6) is 2.35. The van der Waals surface area contributed by atoms with Gasteiger partial charge in [0.1, 0.15) is 11.5 Å². The number of rotatable bonds is 3. The number of ether oxygens (including phenoxy) is 2. The Bertz CT molecular complexity index is 568. The van der Waals surface area contributed by atoms with E-state index in [1.54, 1.807) is 13.3 Å². The van der Waals surface area contributed by atoms with Gasteiger partial charge in [-0.3, -0.25) is 4.98 Å². The van der Waals surface area contributed by atoms with Crippen LogP contribution in [0.5, 0.6) is 11.5 Å². The van der Waals surface area contributed by atoms with Gasteiger partial charge in [0.25, 0.3) is 0 Å². The molecule has 2 aromatic rings. The van der Waals surface area contributed by atoms with E-state index in [-0.39, 0.29) is 0 Å². The van der Waals surface area contributed by atoms with E-state index in [1.165, 1.54) is 11.1 Å². The van der Waals surface area contributed by atoms with Crippen LogP contribution >= 0.6 is 0 Å². The topological polar surface area (TPSA) is 31.4 Å². The zero-order chi connectivity index (χ0) is 13.1. The van der Waals surface area contributed by atoms with Crippen LogP contribution in [0.3, 0.4) is 0 Å². The van der Waals surface area contributed by atoms with E-state index in [0.29, 0.717) is 5.92 Å². The van der Waals surface area contributed by atoms with Gasteiger partial charge in [0.05, 0.1) is 19.9 Å². The summed E-state index contributed by atoms with van der Waals surface area (Å²) in [5.41, 5.74) is 2.50. The molecule has 0 spiro atoms. The highest BCUT2D eigenvalue weighted by molar-refractivity contribution is 5.35. The van der Waals surface area contributed by atoms with E-state index in [4.69, 9.17) is 9.47 Å². The Hall–Kier alpha value is -2.03. The van der Waals surface area contributed by atoms with Gasteiger partial charge in [-0.05, 0) is 36.1 Å². The second kappa shape index (κ2) is 5.31. The van der Waals surface area contributed by atoms with Crippen molar-refractivity contribution in [3.05, 3.63) is 53.9 Å².